The van der Waals surface area contributed by atoms with Gasteiger partial charge in [0.15, 0.2) is 5.65 Å². The molecule has 0 atom stereocenters. The Balaban J connectivity index is 1.26. The fourth-order valence-corrected chi connectivity index (χ4v) is 4.24. The fourth-order valence-electron chi connectivity index (χ4n) is 3.52. The van der Waals surface area contributed by atoms with Crippen molar-refractivity contribution in [3.63, 3.8) is 0 Å². The van der Waals surface area contributed by atoms with Crippen molar-refractivity contribution in [2.75, 3.05) is 5.32 Å². The van der Waals surface area contributed by atoms with Crippen LogP contribution in [0.2, 0.25) is 0 Å². The van der Waals surface area contributed by atoms with Crippen molar-refractivity contribution in [2.45, 2.75) is 0 Å². The van der Waals surface area contributed by atoms with Crippen molar-refractivity contribution >= 4 is 38.8 Å². The summed E-state index contributed by atoms with van der Waals surface area (Å²) in [6.07, 6.45) is 1.71. The highest BCUT2D eigenvalue weighted by molar-refractivity contribution is 7.16. The Hall–Kier alpha value is -4.50. The lowest BCUT2D eigenvalue weighted by molar-refractivity contribution is 0.102. The van der Waals surface area contributed by atoms with Crippen LogP contribution >= 0.6 is 11.3 Å². The summed E-state index contributed by atoms with van der Waals surface area (Å²) >= 11 is 1.51. The number of anilines is 1. The smallest absolute Gasteiger partial charge is 0.255 e. The Labute approximate surface area is 191 Å². The molecule has 0 fully saturated rings. The summed E-state index contributed by atoms with van der Waals surface area (Å²) in [5.41, 5.74) is 6.96. The number of hydrogen-bond acceptors (Lipinski definition) is 7. The van der Waals surface area contributed by atoms with Gasteiger partial charge in [0.25, 0.3) is 5.91 Å². The van der Waals surface area contributed by atoms with Crippen molar-refractivity contribution in [3.05, 3.63) is 90.1 Å². The van der Waals surface area contributed by atoms with E-state index >= 15 is 0 Å². The maximum atomic E-state index is 12.7. The van der Waals surface area contributed by atoms with Crippen LogP contribution in [0.1, 0.15) is 10.4 Å². The maximum absolute atomic E-state index is 12.7. The van der Waals surface area contributed by atoms with Gasteiger partial charge in [-0.1, -0.05) is 18.2 Å². The molecule has 8 nitrogen and oxygen atoms in total. The van der Waals surface area contributed by atoms with Crippen LogP contribution in [0, 0.1) is 0 Å². The Kier molecular flexibility index (Phi) is 4.59. The second-order valence-corrected chi connectivity index (χ2v) is 8.18. The summed E-state index contributed by atoms with van der Waals surface area (Å²) in [5.74, 6) is 0.413. The second-order valence-electron chi connectivity index (χ2n) is 7.29. The molecule has 0 spiro atoms. The standard InChI is InChI=1S/C24H15N7OS/c32-24(16-6-9-19-21(13-16)33-14-26-19)27-17-7-4-15(5-8-17)18-10-11-22-28-29-23(31(22)30-18)20-3-1-2-12-25-20/h1-14H,(H,27,32). The van der Waals surface area contributed by atoms with E-state index in [0.29, 0.717) is 28.4 Å². The van der Waals surface area contributed by atoms with Crippen molar-refractivity contribution in [1.82, 2.24) is 29.8 Å². The highest BCUT2D eigenvalue weighted by atomic mass is 32.1. The van der Waals surface area contributed by atoms with Crippen LogP contribution in [0.15, 0.2) is 84.5 Å². The number of hydrogen-bond donors (Lipinski definition) is 1. The molecule has 1 N–H and O–H groups in total. The highest BCUT2D eigenvalue weighted by Gasteiger charge is 2.12. The highest BCUT2D eigenvalue weighted by Crippen LogP contribution is 2.23. The summed E-state index contributed by atoms with van der Waals surface area (Å²) in [6.45, 7) is 0. The third-order valence-electron chi connectivity index (χ3n) is 5.19. The molecule has 6 aromatic rings. The number of benzene rings is 2. The SMILES string of the molecule is O=C(Nc1ccc(-c2ccc3nnc(-c4ccccn4)n3n2)cc1)c1ccc2ncsc2c1. The molecule has 2 aromatic carbocycles. The minimum atomic E-state index is -0.165. The number of aromatic nitrogens is 6. The lowest BCUT2D eigenvalue weighted by atomic mass is 10.1. The van der Waals surface area contributed by atoms with Crippen LogP contribution in [0.3, 0.4) is 0 Å². The largest absolute Gasteiger partial charge is 0.322 e. The van der Waals surface area contributed by atoms with E-state index in [9.17, 15) is 4.79 Å². The molecule has 158 valence electrons. The molecule has 0 radical (unpaired) electrons. The molecule has 9 heteroatoms. The van der Waals surface area contributed by atoms with Gasteiger partial charge < -0.3 is 5.32 Å². The molecule has 0 aliphatic rings. The zero-order chi connectivity index (χ0) is 22.2. The molecule has 0 aliphatic heterocycles. The zero-order valence-corrected chi connectivity index (χ0v) is 17.9. The zero-order valence-electron chi connectivity index (χ0n) is 17.1. The van der Waals surface area contributed by atoms with Crippen molar-refractivity contribution in [2.24, 2.45) is 0 Å². The van der Waals surface area contributed by atoms with Crippen LogP contribution in [-0.2, 0) is 0 Å². The van der Waals surface area contributed by atoms with Crippen LogP contribution in [-0.4, -0.2) is 35.7 Å². The second kappa shape index (κ2) is 7.88. The van der Waals surface area contributed by atoms with Gasteiger partial charge in [0, 0.05) is 23.0 Å². The Morgan fingerprint density at radius 3 is 2.64 bits per heavy atom. The topological polar surface area (TPSA) is 98.0 Å². The van der Waals surface area contributed by atoms with Gasteiger partial charge in [0.1, 0.15) is 5.69 Å². The number of fused-ring (bicyclic) bond motifs is 2. The van der Waals surface area contributed by atoms with Gasteiger partial charge >= 0.3 is 0 Å². The van der Waals surface area contributed by atoms with Crippen molar-refractivity contribution in [3.8, 4) is 22.8 Å². The first-order valence-corrected chi connectivity index (χ1v) is 11.0. The van der Waals surface area contributed by atoms with E-state index < -0.39 is 0 Å². The maximum Gasteiger partial charge on any atom is 0.255 e. The van der Waals surface area contributed by atoms with E-state index in [1.807, 2.05) is 66.7 Å². The molecule has 0 unspecified atom stereocenters. The number of amides is 1. The average Bonchev–Trinajstić information content (AvgIpc) is 3.51. The minimum absolute atomic E-state index is 0.165. The van der Waals surface area contributed by atoms with Crippen LogP contribution in [0.4, 0.5) is 5.69 Å². The van der Waals surface area contributed by atoms with Crippen molar-refractivity contribution in [1.29, 1.82) is 0 Å². The molecular formula is C24H15N7OS. The quantitative estimate of drug-likeness (QED) is 0.418. The predicted octanol–water partition coefficient (Wildman–Crippen LogP) is 4.72. The summed E-state index contributed by atoms with van der Waals surface area (Å²) in [6, 6.07) is 22.4. The molecule has 0 saturated heterocycles. The first-order valence-electron chi connectivity index (χ1n) is 10.1. The van der Waals surface area contributed by atoms with Gasteiger partial charge in [-0.15, -0.1) is 21.5 Å². The normalized spacial score (nSPS) is 11.2. The molecule has 0 bridgehead atoms. The molecule has 1 amide bonds. The summed E-state index contributed by atoms with van der Waals surface area (Å²) < 4.78 is 2.67. The van der Waals surface area contributed by atoms with Gasteiger partial charge in [-0.05, 0) is 54.6 Å². The summed E-state index contributed by atoms with van der Waals surface area (Å²) in [5, 5.41) is 16.1. The van der Waals surface area contributed by atoms with E-state index in [2.05, 4.69) is 25.5 Å². The van der Waals surface area contributed by atoms with E-state index in [1.54, 1.807) is 22.3 Å². The lowest BCUT2D eigenvalue weighted by Gasteiger charge is -2.07. The fraction of sp³-hybridized carbons (Fsp3) is 0. The molecular weight excluding hydrogens is 434 g/mol. The molecule has 4 aromatic heterocycles. The molecule has 33 heavy (non-hydrogen) atoms. The molecule has 0 saturated carbocycles. The van der Waals surface area contributed by atoms with E-state index in [1.165, 1.54) is 11.3 Å². The Bertz CT molecular complexity index is 1610. The summed E-state index contributed by atoms with van der Waals surface area (Å²) in [7, 11) is 0. The first-order chi connectivity index (χ1) is 16.2. The molecule has 4 heterocycles. The number of nitrogens with one attached hydrogen (secondary N) is 1. The number of thiazole rings is 1. The Morgan fingerprint density at radius 1 is 0.879 bits per heavy atom. The lowest BCUT2D eigenvalue weighted by Crippen LogP contribution is -2.11. The third kappa shape index (κ3) is 3.60. The van der Waals surface area contributed by atoms with Crippen LogP contribution < -0.4 is 5.32 Å². The number of rotatable bonds is 4. The number of nitrogens with zero attached hydrogens (tertiary/aromatic N) is 6. The van der Waals surface area contributed by atoms with E-state index in [4.69, 9.17) is 5.10 Å². The first kappa shape index (κ1) is 19.2. The third-order valence-corrected chi connectivity index (χ3v) is 5.98. The molecule has 6 rings (SSSR count). The predicted molar refractivity (Wildman–Crippen MR) is 127 cm³/mol. The van der Waals surface area contributed by atoms with Gasteiger partial charge in [-0.3, -0.25) is 9.78 Å². The summed E-state index contributed by atoms with van der Waals surface area (Å²) in [4.78, 5) is 21.3. The molecule has 0 aliphatic carbocycles. The van der Waals surface area contributed by atoms with Gasteiger partial charge in [-0.25, -0.2) is 4.98 Å². The number of carbonyl (C=O) groups is 1. The van der Waals surface area contributed by atoms with Crippen LogP contribution in [0.25, 0.3) is 38.6 Å². The average molecular weight is 449 g/mol. The monoisotopic (exact) mass is 449 g/mol. The number of carbonyl (C=O) groups excluding carboxylic acids is 1. The van der Waals surface area contributed by atoms with Gasteiger partial charge in [0.05, 0.1) is 21.4 Å². The van der Waals surface area contributed by atoms with Crippen molar-refractivity contribution < 1.29 is 4.79 Å². The van der Waals surface area contributed by atoms with E-state index in [0.717, 1.165) is 21.5 Å². The minimum Gasteiger partial charge on any atom is -0.322 e. The van der Waals surface area contributed by atoms with E-state index in [-0.39, 0.29) is 5.91 Å². The van der Waals surface area contributed by atoms with Gasteiger partial charge in [0.2, 0.25) is 5.82 Å². The number of pyridine rings is 1. The van der Waals surface area contributed by atoms with Gasteiger partial charge in [-0.2, -0.15) is 9.61 Å². The van der Waals surface area contributed by atoms with Crippen LogP contribution in [0.5, 0.6) is 0 Å². The Morgan fingerprint density at radius 2 is 1.79 bits per heavy atom.